The molecule has 0 bridgehead atoms. The van der Waals surface area contributed by atoms with Crippen LogP contribution in [0.15, 0.2) is 5.10 Å². The van der Waals surface area contributed by atoms with Crippen LogP contribution in [0.1, 0.15) is 38.5 Å². The lowest BCUT2D eigenvalue weighted by molar-refractivity contribution is -0.143. The molecule has 0 saturated heterocycles. The summed E-state index contributed by atoms with van der Waals surface area (Å²) < 4.78 is 0. The number of hydrazone groups is 1. The summed E-state index contributed by atoms with van der Waals surface area (Å²) in [5.41, 5.74) is 0.278. The average molecular weight is 281 g/mol. The van der Waals surface area contributed by atoms with Gasteiger partial charge in [-0.1, -0.05) is 12.8 Å². The van der Waals surface area contributed by atoms with Crippen LogP contribution in [0.3, 0.4) is 0 Å². The highest BCUT2D eigenvalue weighted by Gasteiger charge is 2.32. The molecule has 110 valence electrons. The van der Waals surface area contributed by atoms with Crippen LogP contribution in [0, 0.1) is 0 Å². The molecule has 0 unspecified atom stereocenters. The van der Waals surface area contributed by atoms with Crippen LogP contribution in [0.25, 0.3) is 0 Å². The van der Waals surface area contributed by atoms with Crippen molar-refractivity contribution < 1.29 is 19.5 Å². The third kappa shape index (κ3) is 3.15. The molecule has 1 fully saturated rings. The summed E-state index contributed by atoms with van der Waals surface area (Å²) in [4.78, 5) is 36.2. The largest absolute Gasteiger partial charge is 0.480 e. The SMILES string of the molecule is CN1N=C(C(=O)N(CC(=O)O)C2CCCC2)CCC1=O. The van der Waals surface area contributed by atoms with E-state index in [9.17, 15) is 14.4 Å². The van der Waals surface area contributed by atoms with Crippen molar-refractivity contribution in [2.45, 2.75) is 44.6 Å². The molecule has 2 rings (SSSR count). The Morgan fingerprint density at radius 2 is 2.00 bits per heavy atom. The summed E-state index contributed by atoms with van der Waals surface area (Å²) in [5.74, 6) is -1.50. The maximum atomic E-state index is 12.5. The van der Waals surface area contributed by atoms with Gasteiger partial charge in [0.25, 0.3) is 5.91 Å². The number of nitrogens with zero attached hydrogens (tertiary/aromatic N) is 3. The highest BCUT2D eigenvalue weighted by molar-refractivity contribution is 6.39. The van der Waals surface area contributed by atoms with Gasteiger partial charge in [0.05, 0.1) is 0 Å². The number of carbonyl (C=O) groups excluding carboxylic acids is 2. The van der Waals surface area contributed by atoms with Crippen LogP contribution < -0.4 is 0 Å². The molecule has 2 amide bonds. The standard InChI is InChI=1S/C13H19N3O4/c1-15-11(17)7-6-10(14-15)13(20)16(8-12(18)19)9-4-2-3-5-9/h9H,2-8H2,1H3,(H,18,19). The van der Waals surface area contributed by atoms with E-state index >= 15 is 0 Å². The Bertz CT molecular complexity index is 455. The van der Waals surface area contributed by atoms with Crippen molar-refractivity contribution >= 4 is 23.5 Å². The molecule has 1 N–H and O–H groups in total. The van der Waals surface area contributed by atoms with E-state index in [1.165, 1.54) is 11.9 Å². The first kappa shape index (κ1) is 14.5. The highest BCUT2D eigenvalue weighted by atomic mass is 16.4. The predicted molar refractivity (Wildman–Crippen MR) is 71.0 cm³/mol. The second-order valence-electron chi connectivity index (χ2n) is 5.23. The van der Waals surface area contributed by atoms with Gasteiger partial charge in [0.2, 0.25) is 5.91 Å². The van der Waals surface area contributed by atoms with E-state index in [4.69, 9.17) is 5.11 Å². The predicted octanol–water partition coefficient (Wildman–Crippen LogP) is 0.450. The van der Waals surface area contributed by atoms with E-state index in [-0.39, 0.29) is 43.0 Å². The Labute approximate surface area is 117 Å². The quantitative estimate of drug-likeness (QED) is 0.810. The average Bonchev–Trinajstić information content (AvgIpc) is 2.92. The van der Waals surface area contributed by atoms with Crippen LogP contribution >= 0.6 is 0 Å². The molecule has 0 spiro atoms. The summed E-state index contributed by atoms with van der Waals surface area (Å²) >= 11 is 0. The van der Waals surface area contributed by atoms with Crippen molar-refractivity contribution in [2.24, 2.45) is 5.10 Å². The summed E-state index contributed by atoms with van der Waals surface area (Å²) in [5, 5.41) is 14.1. The fraction of sp³-hybridized carbons (Fsp3) is 0.692. The Balaban J connectivity index is 2.15. The minimum atomic E-state index is -1.02. The third-order valence-electron chi connectivity index (χ3n) is 3.79. The Morgan fingerprint density at radius 3 is 2.55 bits per heavy atom. The van der Waals surface area contributed by atoms with Crippen LogP contribution in [0.5, 0.6) is 0 Å². The number of aliphatic carboxylic acids is 1. The van der Waals surface area contributed by atoms with E-state index in [0.29, 0.717) is 0 Å². The molecule has 0 aromatic rings. The maximum absolute atomic E-state index is 12.5. The van der Waals surface area contributed by atoms with Gasteiger partial charge in [-0.3, -0.25) is 14.4 Å². The lowest BCUT2D eigenvalue weighted by Crippen LogP contribution is -2.47. The molecular formula is C13H19N3O4. The summed E-state index contributed by atoms with van der Waals surface area (Å²) in [6, 6.07) is -0.0239. The topological polar surface area (TPSA) is 90.3 Å². The minimum Gasteiger partial charge on any atom is -0.480 e. The minimum absolute atomic E-state index is 0.0239. The molecule has 20 heavy (non-hydrogen) atoms. The molecular weight excluding hydrogens is 262 g/mol. The van der Waals surface area contributed by atoms with Gasteiger partial charge in [0.1, 0.15) is 12.3 Å². The molecule has 1 aliphatic heterocycles. The van der Waals surface area contributed by atoms with E-state index in [1.54, 1.807) is 0 Å². The molecule has 0 radical (unpaired) electrons. The first-order valence-electron chi connectivity index (χ1n) is 6.86. The van der Waals surface area contributed by atoms with Gasteiger partial charge in [-0.15, -0.1) is 0 Å². The molecule has 0 aromatic heterocycles. The number of carboxylic acid groups (broad SMARTS) is 1. The van der Waals surface area contributed by atoms with E-state index in [0.717, 1.165) is 30.7 Å². The van der Waals surface area contributed by atoms with Crippen molar-refractivity contribution in [3.8, 4) is 0 Å². The van der Waals surface area contributed by atoms with Crippen molar-refractivity contribution in [1.82, 2.24) is 9.91 Å². The van der Waals surface area contributed by atoms with E-state index < -0.39 is 5.97 Å². The monoisotopic (exact) mass is 281 g/mol. The van der Waals surface area contributed by atoms with Gasteiger partial charge < -0.3 is 10.0 Å². The third-order valence-corrected chi connectivity index (χ3v) is 3.79. The van der Waals surface area contributed by atoms with Gasteiger partial charge in [-0.05, 0) is 12.8 Å². The molecule has 7 nitrogen and oxygen atoms in total. The van der Waals surface area contributed by atoms with Crippen molar-refractivity contribution in [2.75, 3.05) is 13.6 Å². The molecule has 2 aliphatic rings. The fourth-order valence-corrected chi connectivity index (χ4v) is 2.72. The van der Waals surface area contributed by atoms with Crippen molar-refractivity contribution in [1.29, 1.82) is 0 Å². The van der Waals surface area contributed by atoms with Crippen LogP contribution in [-0.2, 0) is 14.4 Å². The molecule has 1 saturated carbocycles. The number of amides is 2. The van der Waals surface area contributed by atoms with Gasteiger partial charge in [0.15, 0.2) is 0 Å². The molecule has 1 aliphatic carbocycles. The van der Waals surface area contributed by atoms with Crippen molar-refractivity contribution in [3.63, 3.8) is 0 Å². The molecule has 7 heteroatoms. The second-order valence-corrected chi connectivity index (χ2v) is 5.23. The lowest BCUT2D eigenvalue weighted by atomic mass is 10.1. The second kappa shape index (κ2) is 6.02. The number of carbonyl (C=O) groups is 3. The van der Waals surface area contributed by atoms with Crippen LogP contribution in [-0.4, -0.2) is 58.1 Å². The van der Waals surface area contributed by atoms with E-state index in [2.05, 4.69) is 5.10 Å². The smallest absolute Gasteiger partial charge is 0.323 e. The van der Waals surface area contributed by atoms with Crippen LogP contribution in [0.4, 0.5) is 0 Å². The highest BCUT2D eigenvalue weighted by Crippen LogP contribution is 2.24. The number of rotatable bonds is 4. The molecule has 0 atom stereocenters. The Kier molecular flexibility index (Phi) is 4.36. The first-order valence-corrected chi connectivity index (χ1v) is 6.86. The zero-order chi connectivity index (χ0) is 14.7. The van der Waals surface area contributed by atoms with Gasteiger partial charge in [-0.25, -0.2) is 5.01 Å². The van der Waals surface area contributed by atoms with Crippen molar-refractivity contribution in [3.05, 3.63) is 0 Å². The van der Waals surface area contributed by atoms with Gasteiger partial charge in [-0.2, -0.15) is 5.10 Å². The summed E-state index contributed by atoms with van der Waals surface area (Å²) in [6.07, 6.45) is 4.22. The normalized spacial score (nSPS) is 19.9. The molecule has 0 aromatic carbocycles. The molecule has 1 heterocycles. The van der Waals surface area contributed by atoms with E-state index in [1.807, 2.05) is 0 Å². The van der Waals surface area contributed by atoms with Gasteiger partial charge >= 0.3 is 5.97 Å². The number of hydrogen-bond acceptors (Lipinski definition) is 4. The number of carboxylic acids is 1. The first-order chi connectivity index (χ1) is 9.49. The zero-order valence-corrected chi connectivity index (χ0v) is 11.5. The summed E-state index contributed by atoms with van der Waals surface area (Å²) in [7, 11) is 1.51. The zero-order valence-electron chi connectivity index (χ0n) is 11.5. The van der Waals surface area contributed by atoms with Gasteiger partial charge in [0, 0.05) is 25.9 Å². The maximum Gasteiger partial charge on any atom is 0.323 e. The number of hydrogen-bond donors (Lipinski definition) is 1. The Hall–Kier alpha value is -1.92. The Morgan fingerprint density at radius 1 is 1.35 bits per heavy atom. The lowest BCUT2D eigenvalue weighted by Gasteiger charge is -2.29. The fourth-order valence-electron chi connectivity index (χ4n) is 2.72. The van der Waals surface area contributed by atoms with Crippen LogP contribution in [0.2, 0.25) is 0 Å². The summed E-state index contributed by atoms with van der Waals surface area (Å²) in [6.45, 7) is -0.305.